The second-order valence-electron chi connectivity index (χ2n) is 3.63. The zero-order valence-corrected chi connectivity index (χ0v) is 11.2. The second-order valence-corrected chi connectivity index (χ2v) is 4.86. The Morgan fingerprint density at radius 3 is 2.53 bits per heavy atom. The first-order valence-corrected chi connectivity index (χ1v) is 6.38. The van der Waals surface area contributed by atoms with Gasteiger partial charge in [-0.3, -0.25) is 0 Å². The largest absolute Gasteiger partial charge is 0.385 e. The lowest BCUT2D eigenvalue weighted by Gasteiger charge is -2.13. The van der Waals surface area contributed by atoms with E-state index >= 15 is 0 Å². The van der Waals surface area contributed by atoms with E-state index in [1.807, 2.05) is 0 Å². The third kappa shape index (κ3) is 5.01. The fourth-order valence-corrected chi connectivity index (χ4v) is 2.00. The van der Waals surface area contributed by atoms with Crippen LogP contribution in [0, 0.1) is 5.92 Å². The van der Waals surface area contributed by atoms with E-state index in [4.69, 9.17) is 16.3 Å². The van der Waals surface area contributed by atoms with Crippen molar-refractivity contribution in [3.8, 4) is 0 Å². The highest BCUT2D eigenvalue weighted by molar-refractivity contribution is 9.10. The van der Waals surface area contributed by atoms with Gasteiger partial charge >= 0.3 is 0 Å². The van der Waals surface area contributed by atoms with Crippen molar-refractivity contribution in [2.45, 2.75) is 12.8 Å². The smallest absolute Gasteiger partial charge is 0.0465 e. The van der Waals surface area contributed by atoms with E-state index in [2.05, 4.69) is 40.2 Å². The molecule has 0 spiro atoms. The van der Waals surface area contributed by atoms with Crippen LogP contribution < -0.4 is 0 Å². The van der Waals surface area contributed by atoms with Gasteiger partial charge in [0, 0.05) is 24.1 Å². The van der Waals surface area contributed by atoms with E-state index in [-0.39, 0.29) is 0 Å². The van der Waals surface area contributed by atoms with Crippen LogP contribution in [-0.4, -0.2) is 19.6 Å². The molecule has 0 radical (unpaired) electrons. The lowest BCUT2D eigenvalue weighted by molar-refractivity contribution is 0.180. The Balaban J connectivity index is 2.47. The molecule has 0 aliphatic rings. The lowest BCUT2D eigenvalue weighted by atomic mass is 9.98. The maximum atomic E-state index is 5.92. The van der Waals surface area contributed by atoms with Crippen molar-refractivity contribution in [1.82, 2.24) is 0 Å². The molecule has 0 fully saturated rings. The number of hydrogen-bond acceptors (Lipinski definition) is 1. The number of hydrogen-bond donors (Lipinski definition) is 0. The van der Waals surface area contributed by atoms with Crippen LogP contribution in [0.1, 0.15) is 12.0 Å². The molecule has 1 aromatic carbocycles. The Kier molecular flexibility index (Phi) is 6.30. The standard InChI is InChI=1S/C12H16BrClO/c1-15-7-6-11(9-14)8-10-2-4-12(13)5-3-10/h2-5,11H,6-9H2,1H3. The van der Waals surface area contributed by atoms with Crippen molar-refractivity contribution in [3.05, 3.63) is 34.3 Å². The molecule has 1 atom stereocenters. The number of halogens is 2. The van der Waals surface area contributed by atoms with Crippen molar-refractivity contribution in [3.63, 3.8) is 0 Å². The summed E-state index contributed by atoms with van der Waals surface area (Å²) in [6.45, 7) is 0.786. The lowest BCUT2D eigenvalue weighted by Crippen LogP contribution is -2.09. The first-order chi connectivity index (χ1) is 7.26. The Morgan fingerprint density at radius 2 is 2.00 bits per heavy atom. The molecule has 1 unspecified atom stereocenters. The van der Waals surface area contributed by atoms with Gasteiger partial charge in [-0.2, -0.15) is 0 Å². The van der Waals surface area contributed by atoms with Gasteiger partial charge < -0.3 is 4.74 Å². The van der Waals surface area contributed by atoms with Crippen LogP contribution in [0.3, 0.4) is 0 Å². The highest BCUT2D eigenvalue weighted by Crippen LogP contribution is 2.16. The highest BCUT2D eigenvalue weighted by Gasteiger charge is 2.08. The van der Waals surface area contributed by atoms with Crippen molar-refractivity contribution in [1.29, 1.82) is 0 Å². The summed E-state index contributed by atoms with van der Waals surface area (Å²) in [5.41, 5.74) is 1.33. The molecular formula is C12H16BrClO. The molecule has 0 aliphatic heterocycles. The minimum atomic E-state index is 0.507. The van der Waals surface area contributed by atoms with Gasteiger partial charge in [-0.05, 0) is 36.5 Å². The summed E-state index contributed by atoms with van der Waals surface area (Å²) in [6, 6.07) is 8.40. The van der Waals surface area contributed by atoms with E-state index in [1.165, 1.54) is 5.56 Å². The SMILES string of the molecule is COCCC(CCl)Cc1ccc(Br)cc1. The maximum absolute atomic E-state index is 5.92. The molecule has 0 aliphatic carbocycles. The minimum absolute atomic E-state index is 0.507. The Bertz CT molecular complexity index is 273. The van der Waals surface area contributed by atoms with E-state index in [1.54, 1.807) is 7.11 Å². The summed E-state index contributed by atoms with van der Waals surface area (Å²) >= 11 is 9.34. The molecule has 15 heavy (non-hydrogen) atoms. The summed E-state index contributed by atoms with van der Waals surface area (Å²) in [5, 5.41) is 0. The summed E-state index contributed by atoms with van der Waals surface area (Å²) in [6.07, 6.45) is 2.05. The Labute approximate surface area is 105 Å². The van der Waals surface area contributed by atoms with Crippen LogP contribution in [0.2, 0.25) is 0 Å². The highest BCUT2D eigenvalue weighted by atomic mass is 79.9. The first kappa shape index (κ1) is 13.0. The van der Waals surface area contributed by atoms with Crippen molar-refractivity contribution < 1.29 is 4.74 Å². The van der Waals surface area contributed by atoms with Crippen LogP contribution in [0.15, 0.2) is 28.7 Å². The third-order valence-electron chi connectivity index (χ3n) is 2.39. The summed E-state index contributed by atoms with van der Waals surface area (Å²) in [5.74, 6) is 1.20. The molecule has 0 amide bonds. The van der Waals surface area contributed by atoms with Gasteiger partial charge in [0.15, 0.2) is 0 Å². The molecule has 0 N–H and O–H groups in total. The van der Waals surface area contributed by atoms with Gasteiger partial charge in [0.1, 0.15) is 0 Å². The van der Waals surface area contributed by atoms with Crippen LogP contribution in [-0.2, 0) is 11.2 Å². The first-order valence-electron chi connectivity index (χ1n) is 5.05. The van der Waals surface area contributed by atoms with Crippen LogP contribution >= 0.6 is 27.5 Å². The number of alkyl halides is 1. The quantitative estimate of drug-likeness (QED) is 0.723. The zero-order chi connectivity index (χ0) is 11.1. The molecule has 1 aromatic rings. The Hall–Kier alpha value is -0.0500. The minimum Gasteiger partial charge on any atom is -0.385 e. The molecule has 0 heterocycles. The van der Waals surface area contributed by atoms with Gasteiger partial charge in [-0.15, -0.1) is 11.6 Å². The predicted octanol–water partition coefficient (Wildman–Crippen LogP) is 3.88. The summed E-state index contributed by atoms with van der Waals surface area (Å²) < 4.78 is 6.18. The summed E-state index contributed by atoms with van der Waals surface area (Å²) in [4.78, 5) is 0. The number of ether oxygens (including phenoxy) is 1. The summed E-state index contributed by atoms with van der Waals surface area (Å²) in [7, 11) is 1.73. The molecule has 1 nitrogen and oxygen atoms in total. The fraction of sp³-hybridized carbons (Fsp3) is 0.500. The molecule has 0 saturated carbocycles. The number of rotatable bonds is 6. The molecule has 0 bridgehead atoms. The van der Waals surface area contributed by atoms with E-state index in [9.17, 15) is 0 Å². The van der Waals surface area contributed by atoms with Gasteiger partial charge in [-0.25, -0.2) is 0 Å². The van der Waals surface area contributed by atoms with Gasteiger partial charge in [-0.1, -0.05) is 28.1 Å². The molecule has 0 aromatic heterocycles. The van der Waals surface area contributed by atoms with E-state index < -0.39 is 0 Å². The van der Waals surface area contributed by atoms with Crippen LogP contribution in [0.4, 0.5) is 0 Å². The van der Waals surface area contributed by atoms with Crippen LogP contribution in [0.25, 0.3) is 0 Å². The van der Waals surface area contributed by atoms with E-state index in [0.29, 0.717) is 11.8 Å². The van der Waals surface area contributed by atoms with E-state index in [0.717, 1.165) is 23.9 Å². The second kappa shape index (κ2) is 7.26. The number of benzene rings is 1. The average Bonchev–Trinajstić information content (AvgIpc) is 2.27. The number of methoxy groups -OCH3 is 1. The van der Waals surface area contributed by atoms with Crippen molar-refractivity contribution in [2.75, 3.05) is 19.6 Å². The van der Waals surface area contributed by atoms with Gasteiger partial charge in [0.2, 0.25) is 0 Å². The monoisotopic (exact) mass is 290 g/mol. The van der Waals surface area contributed by atoms with Gasteiger partial charge in [0.25, 0.3) is 0 Å². The maximum Gasteiger partial charge on any atom is 0.0465 e. The fourth-order valence-electron chi connectivity index (χ4n) is 1.47. The van der Waals surface area contributed by atoms with Crippen LogP contribution in [0.5, 0.6) is 0 Å². The van der Waals surface area contributed by atoms with Gasteiger partial charge in [0.05, 0.1) is 0 Å². The van der Waals surface area contributed by atoms with Crippen molar-refractivity contribution >= 4 is 27.5 Å². The average molecular weight is 292 g/mol. The topological polar surface area (TPSA) is 9.23 Å². The molecule has 84 valence electrons. The molecular weight excluding hydrogens is 275 g/mol. The predicted molar refractivity (Wildman–Crippen MR) is 68.5 cm³/mol. The zero-order valence-electron chi connectivity index (χ0n) is 8.88. The van der Waals surface area contributed by atoms with Crippen molar-refractivity contribution in [2.24, 2.45) is 5.92 Å². The molecule has 1 rings (SSSR count). The Morgan fingerprint density at radius 1 is 1.33 bits per heavy atom. The normalized spacial score (nSPS) is 12.7. The molecule has 0 saturated heterocycles. The third-order valence-corrected chi connectivity index (χ3v) is 3.35. The molecule has 3 heteroatoms.